The zero-order chi connectivity index (χ0) is 30.0. The van der Waals surface area contributed by atoms with Crippen molar-refractivity contribution in [2.45, 2.75) is 12.8 Å². The normalized spacial score (nSPS) is 11.4. The number of benzene rings is 4. The predicted octanol–water partition coefficient (Wildman–Crippen LogP) is 8.76. The summed E-state index contributed by atoms with van der Waals surface area (Å²) in [5, 5.41) is 0. The minimum atomic E-state index is -0.0509. The molecule has 0 N–H and O–H groups in total. The molecule has 216 valence electrons. The Morgan fingerprint density at radius 3 is 1.30 bits per heavy atom. The second kappa shape index (κ2) is 17.4. The second-order valence-electron chi connectivity index (χ2n) is 9.42. The van der Waals surface area contributed by atoms with Crippen LogP contribution in [-0.2, 0) is 4.74 Å². The van der Waals surface area contributed by atoms with E-state index in [1.165, 1.54) is 0 Å². The summed E-state index contributed by atoms with van der Waals surface area (Å²) >= 11 is 0. The van der Waals surface area contributed by atoms with Gasteiger partial charge in [-0.15, -0.1) is 0 Å². The van der Waals surface area contributed by atoms with Crippen molar-refractivity contribution in [2.24, 2.45) is 0 Å². The molecule has 0 unspecified atom stereocenters. The highest BCUT2D eigenvalue weighted by molar-refractivity contribution is 6.07. The monoisotopic (exact) mass is 570 g/mol. The molecule has 0 amide bonds. The molecule has 0 aromatic heterocycles. The minimum Gasteiger partial charge on any atom is -0.493 e. The molecule has 4 aromatic rings. The number of ketones is 2. The Bertz CT molecular complexity index is 1410. The highest BCUT2D eigenvalue weighted by atomic mass is 16.5. The van der Waals surface area contributed by atoms with Crippen LogP contribution < -0.4 is 9.47 Å². The Labute approximate surface area is 253 Å². The van der Waals surface area contributed by atoms with Crippen molar-refractivity contribution in [3.8, 4) is 11.5 Å². The molecule has 0 aliphatic heterocycles. The van der Waals surface area contributed by atoms with Gasteiger partial charge in [0.1, 0.15) is 11.5 Å². The standard InChI is InChI=1S/C38H34O5/c39-37(25-15-31-11-3-1-4-12-31)33-17-21-35(22-18-33)42-29-9-7-27-41-28-8-10-30-43-36-23-19-34(20-24-36)38(40)26-16-32-13-5-2-6-14-32/h1-8,11-28H,9-10,29-30H2/b25-15+,26-16+,27-7?,28-8?. The summed E-state index contributed by atoms with van der Waals surface area (Å²) in [5.74, 6) is 1.31. The highest BCUT2D eigenvalue weighted by Crippen LogP contribution is 2.15. The van der Waals surface area contributed by atoms with E-state index in [-0.39, 0.29) is 11.6 Å². The maximum atomic E-state index is 12.3. The van der Waals surface area contributed by atoms with Crippen LogP contribution in [0.4, 0.5) is 0 Å². The Kier molecular flexibility index (Phi) is 12.4. The van der Waals surface area contributed by atoms with Crippen LogP contribution in [-0.4, -0.2) is 24.8 Å². The van der Waals surface area contributed by atoms with Gasteiger partial charge >= 0.3 is 0 Å². The third kappa shape index (κ3) is 11.2. The molecule has 0 atom stereocenters. The summed E-state index contributed by atoms with van der Waals surface area (Å²) in [7, 11) is 0. The van der Waals surface area contributed by atoms with Gasteiger partial charge in [-0.3, -0.25) is 9.59 Å². The Morgan fingerprint density at radius 2 is 0.907 bits per heavy atom. The van der Waals surface area contributed by atoms with E-state index < -0.39 is 0 Å². The average Bonchev–Trinajstić information content (AvgIpc) is 3.06. The Hall–Kier alpha value is -5.42. The Morgan fingerprint density at radius 1 is 0.512 bits per heavy atom. The number of allylic oxidation sites excluding steroid dienone is 2. The molecule has 43 heavy (non-hydrogen) atoms. The van der Waals surface area contributed by atoms with Crippen LogP contribution in [0.2, 0.25) is 0 Å². The first-order chi connectivity index (χ1) is 21.2. The third-order valence-electron chi connectivity index (χ3n) is 6.19. The van der Waals surface area contributed by atoms with Gasteiger partial charge in [-0.25, -0.2) is 0 Å². The molecule has 0 spiro atoms. The molecular formula is C38H34O5. The average molecular weight is 571 g/mol. The van der Waals surface area contributed by atoms with E-state index in [1.807, 2.05) is 85.0 Å². The minimum absolute atomic E-state index is 0.0509. The maximum absolute atomic E-state index is 12.3. The SMILES string of the molecule is O=C(/C=C/c1ccccc1)c1ccc(OCCC=COC=CCCOc2ccc(C(=O)/C=C/c3ccccc3)cc2)cc1. The van der Waals surface area contributed by atoms with Crippen LogP contribution in [0.1, 0.15) is 44.7 Å². The van der Waals surface area contributed by atoms with Crippen LogP contribution in [0.25, 0.3) is 12.2 Å². The molecule has 0 radical (unpaired) electrons. The number of hydrogen-bond acceptors (Lipinski definition) is 5. The molecule has 0 saturated carbocycles. The molecule has 0 saturated heterocycles. The van der Waals surface area contributed by atoms with Crippen LogP contribution in [0, 0.1) is 0 Å². The van der Waals surface area contributed by atoms with E-state index in [2.05, 4.69) is 0 Å². The van der Waals surface area contributed by atoms with E-state index in [1.54, 1.807) is 73.2 Å². The quantitative estimate of drug-likeness (QED) is 0.0583. The van der Waals surface area contributed by atoms with E-state index in [0.29, 0.717) is 48.7 Å². The summed E-state index contributed by atoms with van der Waals surface area (Å²) in [6.07, 6.45) is 15.1. The van der Waals surface area contributed by atoms with E-state index in [0.717, 1.165) is 11.1 Å². The third-order valence-corrected chi connectivity index (χ3v) is 6.19. The fraction of sp³-hybridized carbons (Fsp3) is 0.105. The number of hydrogen-bond donors (Lipinski definition) is 0. The van der Waals surface area contributed by atoms with Gasteiger partial charge in [-0.2, -0.15) is 0 Å². The fourth-order valence-electron chi connectivity index (χ4n) is 3.88. The van der Waals surface area contributed by atoms with Gasteiger partial charge in [-0.1, -0.05) is 72.8 Å². The van der Waals surface area contributed by atoms with Crippen LogP contribution >= 0.6 is 0 Å². The molecule has 4 rings (SSSR count). The zero-order valence-electron chi connectivity index (χ0n) is 23.9. The Balaban J connectivity index is 1.05. The number of ether oxygens (including phenoxy) is 3. The summed E-state index contributed by atoms with van der Waals surface area (Å²) < 4.78 is 16.8. The molecule has 0 aliphatic carbocycles. The number of carbonyl (C=O) groups excluding carboxylic acids is 2. The van der Waals surface area contributed by atoms with Gasteiger partial charge in [0.25, 0.3) is 0 Å². The zero-order valence-corrected chi connectivity index (χ0v) is 23.9. The molecule has 0 heterocycles. The van der Waals surface area contributed by atoms with Crippen molar-refractivity contribution in [2.75, 3.05) is 13.2 Å². The molecule has 5 heteroatoms. The first kappa shape index (κ1) is 30.5. The maximum Gasteiger partial charge on any atom is 0.185 e. The van der Waals surface area contributed by atoms with Crippen molar-refractivity contribution in [3.63, 3.8) is 0 Å². The molecule has 0 fully saturated rings. The summed E-state index contributed by atoms with van der Waals surface area (Å²) in [4.78, 5) is 24.7. The first-order valence-electron chi connectivity index (χ1n) is 14.1. The lowest BCUT2D eigenvalue weighted by Gasteiger charge is -2.05. The smallest absolute Gasteiger partial charge is 0.185 e. The largest absolute Gasteiger partial charge is 0.493 e. The van der Waals surface area contributed by atoms with Gasteiger partial charge in [0.05, 0.1) is 25.7 Å². The van der Waals surface area contributed by atoms with Gasteiger partial charge in [-0.05, 0) is 84.0 Å². The molecular weight excluding hydrogens is 536 g/mol. The molecule has 4 aromatic carbocycles. The van der Waals surface area contributed by atoms with Crippen molar-refractivity contribution >= 4 is 23.7 Å². The van der Waals surface area contributed by atoms with Crippen molar-refractivity contribution < 1.29 is 23.8 Å². The lowest BCUT2D eigenvalue weighted by atomic mass is 10.1. The van der Waals surface area contributed by atoms with Crippen molar-refractivity contribution in [1.29, 1.82) is 0 Å². The molecule has 5 nitrogen and oxygen atoms in total. The molecule has 0 bridgehead atoms. The number of carbonyl (C=O) groups is 2. The highest BCUT2D eigenvalue weighted by Gasteiger charge is 2.03. The lowest BCUT2D eigenvalue weighted by molar-refractivity contribution is 0.103. The summed E-state index contributed by atoms with van der Waals surface area (Å²) in [6, 6.07) is 33.7. The summed E-state index contributed by atoms with van der Waals surface area (Å²) in [6.45, 7) is 0.985. The lowest BCUT2D eigenvalue weighted by Crippen LogP contribution is -1.98. The van der Waals surface area contributed by atoms with Crippen LogP contribution in [0.15, 0.2) is 146 Å². The van der Waals surface area contributed by atoms with Gasteiger partial charge < -0.3 is 14.2 Å². The van der Waals surface area contributed by atoms with Crippen LogP contribution in [0.3, 0.4) is 0 Å². The topological polar surface area (TPSA) is 61.8 Å². The molecule has 0 aliphatic rings. The van der Waals surface area contributed by atoms with Crippen LogP contribution in [0.5, 0.6) is 11.5 Å². The van der Waals surface area contributed by atoms with Gasteiger partial charge in [0.15, 0.2) is 11.6 Å². The van der Waals surface area contributed by atoms with Crippen molar-refractivity contribution in [1.82, 2.24) is 0 Å². The van der Waals surface area contributed by atoms with Gasteiger partial charge in [0.2, 0.25) is 0 Å². The predicted molar refractivity (Wildman–Crippen MR) is 172 cm³/mol. The van der Waals surface area contributed by atoms with E-state index in [9.17, 15) is 9.59 Å². The first-order valence-corrected chi connectivity index (χ1v) is 14.1. The number of rotatable bonds is 16. The second-order valence-corrected chi connectivity index (χ2v) is 9.42. The summed E-state index contributed by atoms with van der Waals surface area (Å²) in [5.41, 5.74) is 3.20. The van der Waals surface area contributed by atoms with Crippen molar-refractivity contribution in [3.05, 3.63) is 168 Å². The fourth-order valence-corrected chi connectivity index (χ4v) is 3.88. The van der Waals surface area contributed by atoms with E-state index >= 15 is 0 Å². The van der Waals surface area contributed by atoms with Gasteiger partial charge in [0, 0.05) is 24.0 Å². The van der Waals surface area contributed by atoms with E-state index in [4.69, 9.17) is 14.2 Å².